The Morgan fingerprint density at radius 1 is 0.581 bits per heavy atom. The average molecular weight is 609 g/mol. The Kier molecular flexibility index (Phi) is 13.2. The molecule has 4 rings (SSSR count). The van der Waals surface area contributed by atoms with Crippen LogP contribution < -0.4 is 5.46 Å². The summed E-state index contributed by atoms with van der Waals surface area (Å²) in [7, 11) is -1.34. The molecule has 0 fully saturated rings. The number of rotatable bonds is 2. The van der Waals surface area contributed by atoms with Gasteiger partial charge in [-0.05, 0) is 70.9 Å². The molecule has 0 saturated carbocycles. The average Bonchev–Trinajstić information content (AvgIpc) is 2.76. The highest BCUT2D eigenvalue weighted by atomic mass is 79.9. The van der Waals surface area contributed by atoms with Crippen molar-refractivity contribution in [2.24, 2.45) is 0 Å². The molecule has 0 radical (unpaired) electrons. The topological polar surface area (TPSA) is 66.2 Å². The minimum Gasteiger partial charge on any atom is -0.423 e. The SMILES string of the molecule is Brc1cncc(-c2ccccc2)c1.Brc1cncc(Br)c1.C.OB(O)c1ccccc1. The first-order chi connectivity index (χ1) is 14.5. The molecule has 31 heavy (non-hydrogen) atoms. The first-order valence-corrected chi connectivity index (χ1v) is 11.2. The van der Waals surface area contributed by atoms with E-state index in [1.807, 2.05) is 36.5 Å². The molecule has 0 amide bonds. The van der Waals surface area contributed by atoms with E-state index in [1.54, 1.807) is 42.9 Å². The second-order valence-electron chi connectivity index (χ2n) is 5.86. The summed E-state index contributed by atoms with van der Waals surface area (Å²) in [5.41, 5.74) is 2.85. The first kappa shape index (κ1) is 27.2. The summed E-state index contributed by atoms with van der Waals surface area (Å²) in [5.74, 6) is 0. The highest BCUT2D eigenvalue weighted by Crippen LogP contribution is 2.20. The van der Waals surface area contributed by atoms with Gasteiger partial charge in [0.2, 0.25) is 0 Å². The van der Waals surface area contributed by atoms with Gasteiger partial charge in [0.1, 0.15) is 0 Å². The van der Waals surface area contributed by atoms with Crippen LogP contribution in [0.15, 0.2) is 111 Å². The number of benzene rings is 2. The second-order valence-corrected chi connectivity index (χ2v) is 8.61. The smallest absolute Gasteiger partial charge is 0.423 e. The minimum absolute atomic E-state index is 0. The van der Waals surface area contributed by atoms with Gasteiger partial charge in [0.25, 0.3) is 0 Å². The van der Waals surface area contributed by atoms with Crippen LogP contribution in [0.2, 0.25) is 0 Å². The molecule has 2 aromatic carbocycles. The number of halogens is 3. The van der Waals surface area contributed by atoms with Crippen LogP contribution in [0.4, 0.5) is 0 Å². The van der Waals surface area contributed by atoms with E-state index in [0.717, 1.165) is 19.0 Å². The molecule has 2 N–H and O–H groups in total. The van der Waals surface area contributed by atoms with Gasteiger partial charge in [-0.2, -0.15) is 0 Å². The molecule has 0 aliphatic rings. The molecule has 8 heteroatoms. The molecule has 0 aliphatic heterocycles. The van der Waals surface area contributed by atoms with Gasteiger partial charge in [0, 0.05) is 43.8 Å². The minimum atomic E-state index is -1.34. The van der Waals surface area contributed by atoms with Gasteiger partial charge in [-0.15, -0.1) is 0 Å². The van der Waals surface area contributed by atoms with Crippen LogP contribution in [0, 0.1) is 0 Å². The van der Waals surface area contributed by atoms with Crippen molar-refractivity contribution in [3.8, 4) is 11.1 Å². The van der Waals surface area contributed by atoms with Gasteiger partial charge in [-0.1, -0.05) is 68.1 Å². The maximum Gasteiger partial charge on any atom is 0.488 e. The molecule has 4 aromatic rings. The standard InChI is InChI=1S/C11H8BrN.C6H7BO2.C5H3Br2N.CH4/c12-11-6-10(7-13-8-11)9-4-2-1-3-5-9;8-7(9)6-4-2-1-3-5-6;6-4-1-5(7)3-8-2-4;/h1-8H;1-5,8-9H;1-3H;1H4. The lowest BCUT2D eigenvalue weighted by Crippen LogP contribution is -2.29. The summed E-state index contributed by atoms with van der Waals surface area (Å²) >= 11 is 9.94. The Bertz CT molecular complexity index is 1010. The fraction of sp³-hybridized carbons (Fsp3) is 0.0435. The first-order valence-electron chi connectivity index (χ1n) is 8.79. The Labute approximate surface area is 209 Å². The van der Waals surface area contributed by atoms with Gasteiger partial charge in [-0.25, -0.2) is 0 Å². The predicted octanol–water partition coefficient (Wildman–Crippen LogP) is 6.12. The summed E-state index contributed by atoms with van der Waals surface area (Å²) < 4.78 is 2.99. The summed E-state index contributed by atoms with van der Waals surface area (Å²) in [6, 6.07) is 22.9. The third kappa shape index (κ3) is 10.8. The van der Waals surface area contributed by atoms with Crippen molar-refractivity contribution in [3.63, 3.8) is 0 Å². The summed E-state index contributed by atoms with van der Waals surface area (Å²) in [6.07, 6.45) is 7.13. The Hall–Kier alpha value is -1.84. The third-order valence-corrected chi connectivity index (χ3v) is 4.88. The lowest BCUT2D eigenvalue weighted by atomic mass is 9.81. The van der Waals surface area contributed by atoms with E-state index in [-0.39, 0.29) is 7.43 Å². The van der Waals surface area contributed by atoms with E-state index < -0.39 is 7.12 Å². The molecule has 0 spiro atoms. The summed E-state index contributed by atoms with van der Waals surface area (Å²) in [4.78, 5) is 8.00. The molecule has 0 aliphatic carbocycles. The van der Waals surface area contributed by atoms with E-state index in [1.165, 1.54) is 5.56 Å². The molecule has 2 aromatic heterocycles. The number of pyridine rings is 2. The zero-order valence-electron chi connectivity index (χ0n) is 15.7. The van der Waals surface area contributed by atoms with E-state index in [4.69, 9.17) is 10.0 Å². The van der Waals surface area contributed by atoms with Crippen LogP contribution in [0.1, 0.15) is 7.43 Å². The fourth-order valence-corrected chi connectivity index (χ4v) is 3.61. The summed E-state index contributed by atoms with van der Waals surface area (Å²) in [5, 5.41) is 17.2. The second kappa shape index (κ2) is 15.0. The maximum absolute atomic E-state index is 8.58. The van der Waals surface area contributed by atoms with Gasteiger partial charge in [-0.3, -0.25) is 9.97 Å². The molecule has 0 atom stereocenters. The van der Waals surface area contributed by atoms with Crippen molar-refractivity contribution in [2.75, 3.05) is 0 Å². The Balaban J connectivity index is 0.000000238. The van der Waals surface area contributed by atoms with Crippen molar-refractivity contribution < 1.29 is 10.0 Å². The highest BCUT2D eigenvalue weighted by Gasteiger charge is 2.07. The highest BCUT2D eigenvalue weighted by molar-refractivity contribution is 9.11. The van der Waals surface area contributed by atoms with E-state index in [2.05, 4.69) is 76.0 Å². The quantitative estimate of drug-likeness (QED) is 0.269. The van der Waals surface area contributed by atoms with E-state index >= 15 is 0 Å². The van der Waals surface area contributed by atoms with Gasteiger partial charge in [0.15, 0.2) is 0 Å². The van der Waals surface area contributed by atoms with Crippen molar-refractivity contribution in [3.05, 3.63) is 111 Å². The fourth-order valence-electron chi connectivity index (χ4n) is 2.21. The van der Waals surface area contributed by atoms with Crippen LogP contribution in [0.25, 0.3) is 11.1 Å². The lowest BCUT2D eigenvalue weighted by molar-refractivity contribution is 0.426. The molecular formula is C23H22BBr3N2O2. The number of hydrogen-bond donors (Lipinski definition) is 2. The third-order valence-electron chi connectivity index (χ3n) is 3.58. The van der Waals surface area contributed by atoms with E-state index in [9.17, 15) is 0 Å². The van der Waals surface area contributed by atoms with Crippen LogP contribution in [0.3, 0.4) is 0 Å². The number of nitrogens with zero attached hydrogens (tertiary/aromatic N) is 2. The zero-order valence-corrected chi connectivity index (χ0v) is 20.5. The van der Waals surface area contributed by atoms with Crippen molar-refractivity contribution in [1.82, 2.24) is 9.97 Å². The number of aromatic nitrogens is 2. The van der Waals surface area contributed by atoms with Crippen LogP contribution in [0.5, 0.6) is 0 Å². The number of hydrogen-bond acceptors (Lipinski definition) is 4. The van der Waals surface area contributed by atoms with Crippen molar-refractivity contribution in [2.45, 2.75) is 7.43 Å². The molecule has 2 heterocycles. The maximum atomic E-state index is 8.58. The molecule has 160 valence electrons. The normalized spacial score (nSPS) is 9.19. The summed E-state index contributed by atoms with van der Waals surface area (Å²) in [6.45, 7) is 0. The molecule has 0 bridgehead atoms. The zero-order chi connectivity index (χ0) is 21.8. The van der Waals surface area contributed by atoms with Crippen molar-refractivity contribution in [1.29, 1.82) is 0 Å². The Morgan fingerprint density at radius 3 is 1.42 bits per heavy atom. The van der Waals surface area contributed by atoms with Crippen LogP contribution in [-0.4, -0.2) is 27.1 Å². The largest absolute Gasteiger partial charge is 0.488 e. The molecule has 4 nitrogen and oxygen atoms in total. The van der Waals surface area contributed by atoms with Gasteiger partial charge in [0.05, 0.1) is 0 Å². The molecule has 0 saturated heterocycles. The Morgan fingerprint density at radius 2 is 1.03 bits per heavy atom. The van der Waals surface area contributed by atoms with Crippen LogP contribution in [-0.2, 0) is 0 Å². The van der Waals surface area contributed by atoms with Crippen molar-refractivity contribution >= 4 is 60.4 Å². The monoisotopic (exact) mass is 606 g/mol. The van der Waals surface area contributed by atoms with Gasteiger partial charge >= 0.3 is 7.12 Å². The lowest BCUT2D eigenvalue weighted by Gasteiger charge is -1.99. The van der Waals surface area contributed by atoms with Gasteiger partial charge < -0.3 is 10.0 Å². The molecule has 0 unspecified atom stereocenters. The van der Waals surface area contributed by atoms with Crippen LogP contribution >= 0.6 is 47.8 Å². The van der Waals surface area contributed by atoms with E-state index in [0.29, 0.717) is 5.46 Å². The molecular weight excluding hydrogens is 587 g/mol. The predicted molar refractivity (Wildman–Crippen MR) is 140 cm³/mol.